The fourth-order valence-corrected chi connectivity index (χ4v) is 4.53. The maximum atomic E-state index is 14.2. The van der Waals surface area contributed by atoms with Gasteiger partial charge in [-0.25, -0.2) is 4.79 Å². The number of halogens is 1. The number of ether oxygens (including phenoxy) is 1. The topological polar surface area (TPSA) is 87.7 Å². The molecule has 0 saturated heterocycles. The molecular formula is C31H42ClN3O4. The first-order valence-electron chi connectivity index (χ1n) is 13.4. The Morgan fingerprint density at radius 1 is 1.13 bits per heavy atom. The molecule has 0 bridgehead atoms. The second kappa shape index (κ2) is 14.2. The number of anilines is 1. The number of hydrogen-bond acceptors (Lipinski definition) is 4. The van der Waals surface area contributed by atoms with E-state index < -0.39 is 29.7 Å². The van der Waals surface area contributed by atoms with Gasteiger partial charge in [-0.3, -0.25) is 9.59 Å². The van der Waals surface area contributed by atoms with Crippen molar-refractivity contribution in [3.8, 4) is 0 Å². The number of hydrogen-bond donors (Lipinski definition) is 2. The Hall–Kier alpha value is -3.32. The SMILES string of the molecule is C=Cc1cccc(C(C(=O)Nc2c(C)cccc2Cl)N(CCC)C(=O)C(CC(C)C)NC(=O)OC(C)(C)C)c1. The normalized spacial score (nSPS) is 12.8. The van der Waals surface area contributed by atoms with Gasteiger partial charge in [0.1, 0.15) is 17.7 Å². The van der Waals surface area contributed by atoms with Crippen LogP contribution in [0.15, 0.2) is 49.0 Å². The van der Waals surface area contributed by atoms with Crippen LogP contribution in [0.2, 0.25) is 5.02 Å². The van der Waals surface area contributed by atoms with E-state index in [1.54, 1.807) is 32.9 Å². The van der Waals surface area contributed by atoms with Crippen molar-refractivity contribution in [2.75, 3.05) is 11.9 Å². The number of rotatable bonds is 11. The van der Waals surface area contributed by atoms with Gasteiger partial charge in [0.05, 0.1) is 10.7 Å². The summed E-state index contributed by atoms with van der Waals surface area (Å²) in [5.41, 5.74) is 2.00. The molecule has 2 rings (SSSR count). The van der Waals surface area contributed by atoms with Crippen LogP contribution >= 0.6 is 11.6 Å². The Balaban J connectivity index is 2.58. The number of benzene rings is 2. The Morgan fingerprint density at radius 2 is 1.79 bits per heavy atom. The van der Waals surface area contributed by atoms with Gasteiger partial charge in [-0.1, -0.05) is 75.4 Å². The molecule has 0 spiro atoms. The summed E-state index contributed by atoms with van der Waals surface area (Å²) in [5.74, 6) is -0.675. The Labute approximate surface area is 237 Å². The predicted octanol–water partition coefficient (Wildman–Crippen LogP) is 7.15. The van der Waals surface area contributed by atoms with Gasteiger partial charge in [-0.15, -0.1) is 0 Å². The maximum Gasteiger partial charge on any atom is 0.408 e. The van der Waals surface area contributed by atoms with E-state index in [1.165, 1.54) is 4.90 Å². The van der Waals surface area contributed by atoms with E-state index in [0.29, 0.717) is 35.7 Å². The van der Waals surface area contributed by atoms with Crippen LogP contribution in [-0.4, -0.2) is 41.0 Å². The number of nitrogens with one attached hydrogen (secondary N) is 2. The summed E-state index contributed by atoms with van der Waals surface area (Å²) in [5, 5.41) is 6.12. The number of nitrogens with zero attached hydrogens (tertiary/aromatic N) is 1. The molecule has 7 nitrogen and oxygen atoms in total. The average Bonchev–Trinajstić information content (AvgIpc) is 2.84. The first-order chi connectivity index (χ1) is 18.3. The number of carbonyl (C=O) groups is 3. The molecule has 0 heterocycles. The molecule has 212 valence electrons. The molecular weight excluding hydrogens is 514 g/mol. The van der Waals surface area contributed by atoms with E-state index in [2.05, 4.69) is 17.2 Å². The molecule has 2 N–H and O–H groups in total. The lowest BCUT2D eigenvalue weighted by Gasteiger charge is -2.35. The summed E-state index contributed by atoms with van der Waals surface area (Å²) in [4.78, 5) is 42.4. The highest BCUT2D eigenvalue weighted by Gasteiger charge is 2.36. The summed E-state index contributed by atoms with van der Waals surface area (Å²) < 4.78 is 5.44. The van der Waals surface area contributed by atoms with Gasteiger partial charge in [0, 0.05) is 6.54 Å². The third kappa shape index (κ3) is 9.43. The largest absolute Gasteiger partial charge is 0.444 e. The lowest BCUT2D eigenvalue weighted by atomic mass is 9.97. The zero-order chi connectivity index (χ0) is 29.3. The quantitative estimate of drug-likeness (QED) is 0.308. The third-order valence-corrected chi connectivity index (χ3v) is 6.25. The molecule has 0 aliphatic rings. The van der Waals surface area contributed by atoms with Crippen LogP contribution in [0, 0.1) is 12.8 Å². The van der Waals surface area contributed by atoms with Crippen molar-refractivity contribution in [3.63, 3.8) is 0 Å². The van der Waals surface area contributed by atoms with Crippen LogP contribution in [0.4, 0.5) is 10.5 Å². The van der Waals surface area contributed by atoms with Gasteiger partial charge in [-0.05, 0) is 75.3 Å². The lowest BCUT2D eigenvalue weighted by Crippen LogP contribution is -2.53. The standard InChI is InChI=1S/C31H42ClN3O4/c1-9-17-35(29(37)25(18-20(3)4)33-30(38)39-31(6,7)8)27(23-15-12-14-22(10-2)19-23)28(36)34-26-21(5)13-11-16-24(26)32/h10-16,19-20,25,27H,2,9,17-18H2,1,3-8H3,(H,33,38)(H,34,36). The van der Waals surface area contributed by atoms with Crippen LogP contribution in [0.1, 0.15) is 77.1 Å². The minimum absolute atomic E-state index is 0.0968. The van der Waals surface area contributed by atoms with Crippen molar-refractivity contribution in [3.05, 3.63) is 70.8 Å². The summed E-state index contributed by atoms with van der Waals surface area (Å²) in [6.45, 7) is 17.2. The average molecular weight is 556 g/mol. The highest BCUT2D eigenvalue weighted by molar-refractivity contribution is 6.34. The molecule has 0 saturated carbocycles. The van der Waals surface area contributed by atoms with Crippen molar-refractivity contribution in [2.24, 2.45) is 5.92 Å². The summed E-state index contributed by atoms with van der Waals surface area (Å²) in [7, 11) is 0. The molecule has 8 heteroatoms. The molecule has 0 aromatic heterocycles. The molecule has 0 radical (unpaired) electrons. The van der Waals surface area contributed by atoms with Gasteiger partial charge in [0.25, 0.3) is 5.91 Å². The van der Waals surface area contributed by atoms with Crippen molar-refractivity contribution < 1.29 is 19.1 Å². The number of para-hydroxylation sites is 1. The molecule has 2 unspecified atom stereocenters. The number of aryl methyl sites for hydroxylation is 1. The van der Waals surface area contributed by atoms with E-state index in [4.69, 9.17) is 16.3 Å². The third-order valence-electron chi connectivity index (χ3n) is 5.94. The van der Waals surface area contributed by atoms with E-state index in [0.717, 1.165) is 11.1 Å². The molecule has 2 atom stereocenters. The van der Waals surface area contributed by atoms with Crippen LogP contribution < -0.4 is 10.6 Å². The zero-order valence-corrected chi connectivity index (χ0v) is 24.9. The van der Waals surface area contributed by atoms with Gasteiger partial charge in [0.2, 0.25) is 5.91 Å². The zero-order valence-electron chi connectivity index (χ0n) is 24.1. The van der Waals surface area contributed by atoms with Crippen LogP contribution in [0.25, 0.3) is 6.08 Å². The highest BCUT2D eigenvalue weighted by Crippen LogP contribution is 2.30. The fraction of sp³-hybridized carbons (Fsp3) is 0.452. The summed E-state index contributed by atoms with van der Waals surface area (Å²) in [6.07, 6.45) is 1.99. The fourth-order valence-electron chi connectivity index (χ4n) is 4.26. The van der Waals surface area contributed by atoms with Gasteiger partial charge < -0.3 is 20.3 Å². The van der Waals surface area contributed by atoms with Crippen LogP contribution in [0.5, 0.6) is 0 Å². The predicted molar refractivity (Wildman–Crippen MR) is 159 cm³/mol. The minimum atomic E-state index is -0.983. The highest BCUT2D eigenvalue weighted by atomic mass is 35.5. The maximum absolute atomic E-state index is 14.2. The van der Waals surface area contributed by atoms with E-state index in [1.807, 2.05) is 64.1 Å². The minimum Gasteiger partial charge on any atom is -0.444 e. The van der Waals surface area contributed by atoms with Crippen molar-refractivity contribution in [1.29, 1.82) is 0 Å². The molecule has 2 aromatic rings. The van der Waals surface area contributed by atoms with Crippen molar-refractivity contribution in [1.82, 2.24) is 10.2 Å². The molecule has 2 aromatic carbocycles. The van der Waals surface area contributed by atoms with E-state index in [9.17, 15) is 14.4 Å². The first-order valence-corrected chi connectivity index (χ1v) is 13.7. The van der Waals surface area contributed by atoms with Crippen molar-refractivity contribution in [2.45, 2.75) is 79.0 Å². The van der Waals surface area contributed by atoms with Gasteiger partial charge >= 0.3 is 6.09 Å². The number of alkyl carbamates (subject to hydrolysis) is 1. The monoisotopic (exact) mass is 555 g/mol. The Morgan fingerprint density at radius 3 is 2.36 bits per heavy atom. The Bertz CT molecular complexity index is 1150. The molecule has 39 heavy (non-hydrogen) atoms. The van der Waals surface area contributed by atoms with Crippen molar-refractivity contribution >= 4 is 41.3 Å². The first kappa shape index (κ1) is 31.9. The second-order valence-electron chi connectivity index (χ2n) is 11.1. The summed E-state index contributed by atoms with van der Waals surface area (Å²) >= 11 is 6.42. The molecule has 0 fully saturated rings. The molecule has 0 aliphatic heterocycles. The lowest BCUT2D eigenvalue weighted by molar-refractivity contribution is -0.141. The van der Waals surface area contributed by atoms with E-state index >= 15 is 0 Å². The van der Waals surface area contributed by atoms with Crippen LogP contribution in [0.3, 0.4) is 0 Å². The van der Waals surface area contributed by atoms with E-state index in [-0.39, 0.29) is 11.8 Å². The Kier molecular flexibility index (Phi) is 11.6. The smallest absolute Gasteiger partial charge is 0.408 e. The summed E-state index contributed by atoms with van der Waals surface area (Å²) in [6, 6.07) is 10.9. The second-order valence-corrected chi connectivity index (χ2v) is 11.5. The number of amides is 3. The van der Waals surface area contributed by atoms with Crippen LogP contribution in [-0.2, 0) is 14.3 Å². The van der Waals surface area contributed by atoms with Gasteiger partial charge in [0.15, 0.2) is 0 Å². The number of carbonyl (C=O) groups excluding carboxylic acids is 3. The molecule has 3 amide bonds. The molecule has 0 aliphatic carbocycles. The van der Waals surface area contributed by atoms with Gasteiger partial charge in [-0.2, -0.15) is 0 Å².